The maximum absolute atomic E-state index is 14.0. The summed E-state index contributed by atoms with van der Waals surface area (Å²) in [6.07, 6.45) is 2.69. The van der Waals surface area contributed by atoms with Crippen LogP contribution in [0.1, 0.15) is 48.0 Å². The summed E-state index contributed by atoms with van der Waals surface area (Å²) in [7, 11) is 0. The number of hydrogen-bond donors (Lipinski definition) is 3. The molecule has 156 valence electrons. The first-order chi connectivity index (χ1) is 13.8. The highest BCUT2D eigenvalue weighted by atomic mass is 32.1. The molecule has 1 heterocycles. The van der Waals surface area contributed by atoms with Crippen LogP contribution in [0.2, 0.25) is 0 Å². The fourth-order valence-electron chi connectivity index (χ4n) is 3.55. The number of nitrogens with two attached hydrogens (primary N) is 1. The van der Waals surface area contributed by atoms with E-state index < -0.39 is 5.82 Å². The Bertz CT molecular complexity index is 894. The Labute approximate surface area is 175 Å². The van der Waals surface area contributed by atoms with E-state index in [-0.39, 0.29) is 17.5 Å². The van der Waals surface area contributed by atoms with Gasteiger partial charge in [0, 0.05) is 10.8 Å². The highest BCUT2D eigenvalue weighted by Gasteiger charge is 2.29. The average molecular weight is 419 g/mol. The second kappa shape index (κ2) is 9.50. The Kier molecular flexibility index (Phi) is 7.03. The molecule has 0 bridgehead atoms. The first-order valence-corrected chi connectivity index (χ1v) is 11.0. The predicted molar refractivity (Wildman–Crippen MR) is 115 cm³/mol. The number of benzene rings is 1. The van der Waals surface area contributed by atoms with Crippen molar-refractivity contribution in [1.82, 2.24) is 0 Å². The van der Waals surface area contributed by atoms with Crippen molar-refractivity contribution < 1.29 is 19.3 Å². The number of carbonyl (C=O) groups excluding carboxylic acids is 2. The molecule has 1 aromatic heterocycles. The minimum Gasteiger partial charge on any atom is -0.338 e. The first kappa shape index (κ1) is 21.5. The van der Waals surface area contributed by atoms with Crippen LogP contribution < -0.4 is 16.0 Å². The summed E-state index contributed by atoms with van der Waals surface area (Å²) < 4.78 is 14.0. The molecular formula is C22H29FN3O2S+. The third kappa shape index (κ3) is 5.42. The monoisotopic (exact) mass is 418 g/mol. The number of amides is 2. The SMILES string of the molecule is CC(C)C[NH2+]CC(=O)Nc1sc2c(c1C(=O)Nc1ccccc1F)CC[C@@H](C)C2. The first-order valence-electron chi connectivity index (χ1n) is 10.2. The van der Waals surface area contributed by atoms with Gasteiger partial charge in [0.25, 0.3) is 11.8 Å². The van der Waals surface area contributed by atoms with E-state index in [4.69, 9.17) is 0 Å². The molecule has 0 saturated carbocycles. The summed E-state index contributed by atoms with van der Waals surface area (Å²) in [5.41, 5.74) is 1.62. The summed E-state index contributed by atoms with van der Waals surface area (Å²) in [5.74, 6) is 0.0697. The maximum Gasteiger partial charge on any atom is 0.280 e. The molecule has 0 spiro atoms. The van der Waals surface area contributed by atoms with E-state index in [0.717, 1.165) is 36.2 Å². The quantitative estimate of drug-likeness (QED) is 0.645. The molecule has 0 unspecified atom stereocenters. The largest absolute Gasteiger partial charge is 0.338 e. The Hall–Kier alpha value is -2.25. The molecule has 3 rings (SSSR count). The van der Waals surface area contributed by atoms with Gasteiger partial charge in [0.15, 0.2) is 6.54 Å². The third-order valence-electron chi connectivity index (χ3n) is 5.08. The van der Waals surface area contributed by atoms with Crippen molar-refractivity contribution in [2.75, 3.05) is 23.7 Å². The van der Waals surface area contributed by atoms with Crippen molar-refractivity contribution in [3.63, 3.8) is 0 Å². The highest BCUT2D eigenvalue weighted by molar-refractivity contribution is 7.17. The molecule has 1 atom stereocenters. The zero-order valence-corrected chi connectivity index (χ0v) is 18.0. The number of quaternary nitrogens is 1. The minimum absolute atomic E-state index is 0.128. The van der Waals surface area contributed by atoms with Crippen molar-refractivity contribution in [2.45, 2.75) is 40.0 Å². The van der Waals surface area contributed by atoms with E-state index in [9.17, 15) is 14.0 Å². The number of fused-ring (bicyclic) bond motifs is 1. The summed E-state index contributed by atoms with van der Waals surface area (Å²) >= 11 is 1.48. The molecule has 0 saturated heterocycles. The van der Waals surface area contributed by atoms with Crippen molar-refractivity contribution in [3.8, 4) is 0 Å². The van der Waals surface area contributed by atoms with E-state index in [2.05, 4.69) is 31.4 Å². The molecule has 29 heavy (non-hydrogen) atoms. The van der Waals surface area contributed by atoms with Gasteiger partial charge in [0.05, 0.1) is 17.8 Å². The number of halogens is 1. The molecule has 5 nitrogen and oxygen atoms in total. The van der Waals surface area contributed by atoms with Crippen LogP contribution in [0.5, 0.6) is 0 Å². The van der Waals surface area contributed by atoms with E-state index in [1.165, 1.54) is 23.5 Å². The predicted octanol–water partition coefficient (Wildman–Crippen LogP) is 3.42. The number of anilines is 2. The number of para-hydroxylation sites is 1. The second-order valence-corrected chi connectivity index (χ2v) is 9.27. The van der Waals surface area contributed by atoms with Crippen LogP contribution in [0.25, 0.3) is 0 Å². The van der Waals surface area contributed by atoms with Crippen LogP contribution in [0.3, 0.4) is 0 Å². The van der Waals surface area contributed by atoms with Gasteiger partial charge in [-0.2, -0.15) is 0 Å². The van der Waals surface area contributed by atoms with Crippen molar-refractivity contribution in [3.05, 3.63) is 46.1 Å². The normalized spacial score (nSPS) is 15.8. The highest BCUT2D eigenvalue weighted by Crippen LogP contribution is 2.40. The molecule has 2 amide bonds. The lowest BCUT2D eigenvalue weighted by molar-refractivity contribution is -0.648. The van der Waals surface area contributed by atoms with Gasteiger partial charge in [-0.3, -0.25) is 9.59 Å². The Morgan fingerprint density at radius 2 is 2.03 bits per heavy atom. The average Bonchev–Trinajstić information content (AvgIpc) is 3.00. The van der Waals surface area contributed by atoms with Crippen LogP contribution in [0.15, 0.2) is 24.3 Å². The van der Waals surface area contributed by atoms with E-state index in [0.29, 0.717) is 28.9 Å². The Balaban J connectivity index is 1.83. The molecule has 7 heteroatoms. The number of thiophene rings is 1. The summed E-state index contributed by atoms with van der Waals surface area (Å²) in [5, 5.41) is 8.15. The molecule has 1 aliphatic carbocycles. The molecule has 1 aliphatic rings. The number of nitrogens with one attached hydrogen (secondary N) is 2. The van der Waals surface area contributed by atoms with Gasteiger partial charge in [0.1, 0.15) is 10.8 Å². The molecule has 1 aromatic carbocycles. The fourth-order valence-corrected chi connectivity index (χ4v) is 4.98. The summed E-state index contributed by atoms with van der Waals surface area (Å²) in [6.45, 7) is 7.58. The number of hydrogen-bond acceptors (Lipinski definition) is 3. The molecular weight excluding hydrogens is 389 g/mol. The maximum atomic E-state index is 14.0. The Morgan fingerprint density at radius 3 is 2.76 bits per heavy atom. The minimum atomic E-state index is -0.479. The van der Waals surface area contributed by atoms with Crippen molar-refractivity contribution in [2.24, 2.45) is 11.8 Å². The van der Waals surface area contributed by atoms with Crippen LogP contribution in [-0.2, 0) is 17.6 Å². The second-order valence-electron chi connectivity index (χ2n) is 8.16. The number of rotatable bonds is 7. The number of carbonyl (C=O) groups is 2. The standard InChI is InChI=1S/C22H28FN3O2S/c1-13(2)11-24-12-19(27)26-22-20(15-9-8-14(3)10-18(15)29-22)21(28)25-17-7-5-4-6-16(17)23/h4-7,13-14,24H,8-12H2,1-3H3,(H,25,28)(H,26,27)/p+1/t14-/m1/s1. The van der Waals surface area contributed by atoms with E-state index in [1.807, 2.05) is 5.32 Å². The van der Waals surface area contributed by atoms with E-state index >= 15 is 0 Å². The molecule has 0 radical (unpaired) electrons. The zero-order chi connectivity index (χ0) is 21.0. The van der Waals surface area contributed by atoms with Gasteiger partial charge < -0.3 is 16.0 Å². The van der Waals surface area contributed by atoms with Gasteiger partial charge in [-0.1, -0.05) is 32.9 Å². The fraction of sp³-hybridized carbons (Fsp3) is 0.455. The topological polar surface area (TPSA) is 74.8 Å². The van der Waals surface area contributed by atoms with Crippen LogP contribution in [0.4, 0.5) is 15.1 Å². The van der Waals surface area contributed by atoms with Crippen LogP contribution >= 0.6 is 11.3 Å². The lowest BCUT2D eigenvalue weighted by atomic mass is 9.88. The van der Waals surface area contributed by atoms with Crippen LogP contribution in [-0.4, -0.2) is 24.9 Å². The summed E-state index contributed by atoms with van der Waals surface area (Å²) in [4.78, 5) is 26.6. The van der Waals surface area contributed by atoms with Crippen LogP contribution in [0, 0.1) is 17.7 Å². The third-order valence-corrected chi connectivity index (χ3v) is 6.25. The molecule has 0 fully saturated rings. The lowest BCUT2D eigenvalue weighted by Gasteiger charge is -2.18. The summed E-state index contributed by atoms with van der Waals surface area (Å²) in [6, 6.07) is 6.11. The van der Waals surface area contributed by atoms with Gasteiger partial charge in [-0.15, -0.1) is 11.3 Å². The van der Waals surface area contributed by atoms with Gasteiger partial charge in [-0.25, -0.2) is 4.39 Å². The molecule has 2 aromatic rings. The van der Waals surface area contributed by atoms with Crippen molar-refractivity contribution in [1.29, 1.82) is 0 Å². The Morgan fingerprint density at radius 1 is 1.28 bits per heavy atom. The van der Waals surface area contributed by atoms with Gasteiger partial charge >= 0.3 is 0 Å². The van der Waals surface area contributed by atoms with Gasteiger partial charge in [-0.05, 0) is 42.9 Å². The zero-order valence-electron chi connectivity index (χ0n) is 17.2. The van der Waals surface area contributed by atoms with Crippen molar-refractivity contribution >= 4 is 33.8 Å². The van der Waals surface area contributed by atoms with Gasteiger partial charge in [0.2, 0.25) is 0 Å². The molecule has 4 N–H and O–H groups in total. The smallest absolute Gasteiger partial charge is 0.280 e. The lowest BCUT2D eigenvalue weighted by Crippen LogP contribution is -2.87. The molecule has 0 aliphatic heterocycles. The van der Waals surface area contributed by atoms with E-state index in [1.54, 1.807) is 12.1 Å².